The molecule has 0 radical (unpaired) electrons. The van der Waals surface area contributed by atoms with E-state index in [0.717, 1.165) is 5.69 Å². The predicted octanol–water partition coefficient (Wildman–Crippen LogP) is 1.67. The van der Waals surface area contributed by atoms with Gasteiger partial charge in [0.1, 0.15) is 5.75 Å². The van der Waals surface area contributed by atoms with Gasteiger partial charge < -0.3 is 10.0 Å². The third-order valence-corrected chi connectivity index (χ3v) is 2.07. The first-order valence-electron chi connectivity index (χ1n) is 4.33. The standard InChI is InChI=1S/C10H13NO2S/c1-8(12)11(6-7-14)9-2-4-10(13)5-3-9/h2-5,13-14H,6-7H2,1H3. The van der Waals surface area contributed by atoms with Crippen LogP contribution >= 0.6 is 12.6 Å². The molecule has 0 aliphatic rings. The van der Waals surface area contributed by atoms with Gasteiger partial charge in [-0.3, -0.25) is 4.79 Å². The number of carbonyl (C=O) groups excluding carboxylic acids is 1. The predicted molar refractivity (Wildman–Crippen MR) is 60.0 cm³/mol. The van der Waals surface area contributed by atoms with Crippen molar-refractivity contribution in [1.29, 1.82) is 0 Å². The Kier molecular flexibility index (Phi) is 3.83. The van der Waals surface area contributed by atoms with Crippen LogP contribution in [0.15, 0.2) is 24.3 Å². The Bertz CT molecular complexity index is 310. The zero-order valence-corrected chi connectivity index (χ0v) is 8.87. The molecule has 0 aliphatic heterocycles. The van der Waals surface area contributed by atoms with Gasteiger partial charge in [0.15, 0.2) is 0 Å². The van der Waals surface area contributed by atoms with Crippen molar-refractivity contribution >= 4 is 24.2 Å². The molecule has 0 bridgehead atoms. The molecular formula is C10H13NO2S. The first-order valence-corrected chi connectivity index (χ1v) is 4.96. The SMILES string of the molecule is CC(=O)N(CCS)c1ccc(O)cc1. The van der Waals surface area contributed by atoms with Crippen LogP contribution < -0.4 is 4.90 Å². The Morgan fingerprint density at radius 2 is 2.00 bits per heavy atom. The van der Waals surface area contributed by atoms with Gasteiger partial charge in [0.2, 0.25) is 5.91 Å². The van der Waals surface area contributed by atoms with Gasteiger partial charge in [-0.05, 0) is 24.3 Å². The highest BCUT2D eigenvalue weighted by Gasteiger charge is 2.09. The summed E-state index contributed by atoms with van der Waals surface area (Å²) in [5.41, 5.74) is 0.782. The number of amides is 1. The average molecular weight is 211 g/mol. The molecule has 0 heterocycles. The Balaban J connectivity index is 2.87. The Morgan fingerprint density at radius 1 is 1.43 bits per heavy atom. The molecule has 76 valence electrons. The number of anilines is 1. The molecule has 3 nitrogen and oxygen atoms in total. The number of hydrogen-bond acceptors (Lipinski definition) is 3. The van der Waals surface area contributed by atoms with Gasteiger partial charge in [0, 0.05) is 24.9 Å². The Morgan fingerprint density at radius 3 is 2.43 bits per heavy atom. The van der Waals surface area contributed by atoms with Gasteiger partial charge in [-0.2, -0.15) is 12.6 Å². The van der Waals surface area contributed by atoms with Crippen LogP contribution in [0.5, 0.6) is 5.75 Å². The lowest BCUT2D eigenvalue weighted by atomic mass is 10.2. The summed E-state index contributed by atoms with van der Waals surface area (Å²) >= 11 is 4.08. The first kappa shape index (κ1) is 10.9. The molecule has 0 saturated heterocycles. The zero-order valence-electron chi connectivity index (χ0n) is 7.97. The number of phenolic OH excluding ortho intramolecular Hbond substituents is 1. The van der Waals surface area contributed by atoms with Crippen molar-refractivity contribution in [2.75, 3.05) is 17.2 Å². The smallest absolute Gasteiger partial charge is 0.223 e. The summed E-state index contributed by atoms with van der Waals surface area (Å²) in [6, 6.07) is 6.54. The number of aromatic hydroxyl groups is 1. The third-order valence-electron chi connectivity index (χ3n) is 1.87. The summed E-state index contributed by atoms with van der Waals surface area (Å²) in [6.45, 7) is 2.08. The molecule has 0 fully saturated rings. The highest BCUT2D eigenvalue weighted by atomic mass is 32.1. The summed E-state index contributed by atoms with van der Waals surface area (Å²) in [7, 11) is 0. The van der Waals surface area contributed by atoms with E-state index in [1.54, 1.807) is 29.2 Å². The van der Waals surface area contributed by atoms with Crippen LogP contribution in [-0.2, 0) is 4.79 Å². The number of phenols is 1. The number of benzene rings is 1. The number of thiol groups is 1. The topological polar surface area (TPSA) is 40.5 Å². The van der Waals surface area contributed by atoms with E-state index in [4.69, 9.17) is 5.11 Å². The minimum absolute atomic E-state index is 0.0234. The van der Waals surface area contributed by atoms with Crippen molar-refractivity contribution in [1.82, 2.24) is 0 Å². The second-order valence-corrected chi connectivity index (χ2v) is 3.36. The molecule has 1 aromatic carbocycles. The van der Waals surface area contributed by atoms with Crippen LogP contribution in [0.1, 0.15) is 6.92 Å². The molecule has 0 spiro atoms. The molecule has 0 unspecified atom stereocenters. The molecule has 1 aromatic rings. The molecular weight excluding hydrogens is 198 g/mol. The molecule has 0 saturated carbocycles. The van der Waals surface area contributed by atoms with Crippen molar-refractivity contribution in [2.45, 2.75) is 6.92 Å². The summed E-state index contributed by atoms with van der Waals surface area (Å²) in [4.78, 5) is 12.9. The summed E-state index contributed by atoms with van der Waals surface area (Å²) < 4.78 is 0. The Labute approximate surface area is 88.8 Å². The molecule has 0 aliphatic carbocycles. The highest BCUT2D eigenvalue weighted by Crippen LogP contribution is 2.18. The fourth-order valence-electron chi connectivity index (χ4n) is 1.20. The molecule has 1 amide bonds. The van der Waals surface area contributed by atoms with E-state index in [2.05, 4.69) is 12.6 Å². The molecule has 4 heteroatoms. The lowest BCUT2D eigenvalue weighted by molar-refractivity contribution is -0.116. The van der Waals surface area contributed by atoms with Gasteiger partial charge in [-0.25, -0.2) is 0 Å². The van der Waals surface area contributed by atoms with Gasteiger partial charge in [0.05, 0.1) is 0 Å². The fraction of sp³-hybridized carbons (Fsp3) is 0.300. The van der Waals surface area contributed by atoms with Crippen molar-refractivity contribution in [3.63, 3.8) is 0 Å². The summed E-state index contributed by atoms with van der Waals surface area (Å²) in [6.07, 6.45) is 0. The third kappa shape index (κ3) is 2.67. The summed E-state index contributed by atoms with van der Waals surface area (Å²) in [5, 5.41) is 9.09. The van der Waals surface area contributed by atoms with Crippen LogP contribution in [0.25, 0.3) is 0 Å². The van der Waals surface area contributed by atoms with Crippen molar-refractivity contribution in [2.24, 2.45) is 0 Å². The molecule has 0 aromatic heterocycles. The van der Waals surface area contributed by atoms with Crippen LogP contribution in [0.3, 0.4) is 0 Å². The minimum atomic E-state index is -0.0234. The molecule has 1 rings (SSSR count). The van der Waals surface area contributed by atoms with Gasteiger partial charge in [-0.1, -0.05) is 0 Å². The van der Waals surface area contributed by atoms with Crippen molar-refractivity contribution in [3.05, 3.63) is 24.3 Å². The molecule has 1 N–H and O–H groups in total. The minimum Gasteiger partial charge on any atom is -0.508 e. The summed E-state index contributed by atoms with van der Waals surface area (Å²) in [5.74, 6) is 0.786. The number of rotatable bonds is 3. The first-order chi connectivity index (χ1) is 6.65. The van der Waals surface area contributed by atoms with E-state index in [0.29, 0.717) is 12.3 Å². The largest absolute Gasteiger partial charge is 0.508 e. The van der Waals surface area contributed by atoms with Gasteiger partial charge in [-0.15, -0.1) is 0 Å². The number of nitrogens with zero attached hydrogens (tertiary/aromatic N) is 1. The van der Waals surface area contributed by atoms with Crippen LogP contribution in [0.4, 0.5) is 5.69 Å². The van der Waals surface area contributed by atoms with Crippen LogP contribution in [0.2, 0.25) is 0 Å². The normalized spacial score (nSPS) is 9.86. The van der Waals surface area contributed by atoms with E-state index in [1.165, 1.54) is 6.92 Å². The fourth-order valence-corrected chi connectivity index (χ4v) is 1.40. The Hall–Kier alpha value is -1.16. The lowest BCUT2D eigenvalue weighted by Gasteiger charge is -2.19. The molecule has 0 atom stereocenters. The van der Waals surface area contributed by atoms with E-state index < -0.39 is 0 Å². The number of hydrogen-bond donors (Lipinski definition) is 2. The van der Waals surface area contributed by atoms with Crippen molar-refractivity contribution in [3.8, 4) is 5.75 Å². The quantitative estimate of drug-likeness (QED) is 0.747. The lowest BCUT2D eigenvalue weighted by Crippen LogP contribution is -2.30. The van der Waals surface area contributed by atoms with E-state index >= 15 is 0 Å². The second kappa shape index (κ2) is 4.91. The van der Waals surface area contributed by atoms with E-state index in [-0.39, 0.29) is 11.7 Å². The zero-order chi connectivity index (χ0) is 10.6. The average Bonchev–Trinajstić information content (AvgIpc) is 2.15. The number of carbonyl (C=O) groups is 1. The maximum absolute atomic E-state index is 11.2. The monoisotopic (exact) mass is 211 g/mol. The van der Waals surface area contributed by atoms with Gasteiger partial charge >= 0.3 is 0 Å². The highest BCUT2D eigenvalue weighted by molar-refractivity contribution is 7.80. The van der Waals surface area contributed by atoms with E-state index in [9.17, 15) is 4.79 Å². The van der Waals surface area contributed by atoms with Crippen LogP contribution in [-0.4, -0.2) is 23.3 Å². The van der Waals surface area contributed by atoms with Gasteiger partial charge in [0.25, 0.3) is 0 Å². The van der Waals surface area contributed by atoms with E-state index in [1.807, 2.05) is 0 Å². The van der Waals surface area contributed by atoms with Crippen molar-refractivity contribution < 1.29 is 9.90 Å². The molecule has 14 heavy (non-hydrogen) atoms. The maximum atomic E-state index is 11.2. The van der Waals surface area contributed by atoms with Crippen LogP contribution in [0, 0.1) is 0 Å². The maximum Gasteiger partial charge on any atom is 0.223 e. The second-order valence-electron chi connectivity index (χ2n) is 2.91.